The van der Waals surface area contributed by atoms with Gasteiger partial charge in [0.25, 0.3) is 0 Å². The Kier molecular flexibility index (Phi) is 7.91. The van der Waals surface area contributed by atoms with Crippen molar-refractivity contribution in [3.63, 3.8) is 0 Å². The lowest BCUT2D eigenvalue weighted by atomic mass is 10.1. The van der Waals surface area contributed by atoms with E-state index in [4.69, 9.17) is 5.73 Å². The Labute approximate surface area is 163 Å². The molecule has 0 aliphatic carbocycles. The van der Waals surface area contributed by atoms with Crippen LogP contribution in [0.15, 0.2) is 54.7 Å². The Morgan fingerprint density at radius 2 is 1.67 bits per heavy atom. The number of hydrogen-bond acceptors (Lipinski definition) is 3. The van der Waals surface area contributed by atoms with E-state index in [9.17, 15) is 8.78 Å². The molecule has 0 saturated heterocycles. The molecule has 0 amide bonds. The predicted octanol–water partition coefficient (Wildman–Crippen LogP) is 3.78. The monoisotopic (exact) mass is 392 g/mol. The molecule has 3 aromatic rings. The van der Waals surface area contributed by atoms with E-state index >= 15 is 0 Å². The first-order valence-corrected chi connectivity index (χ1v) is 8.62. The third-order valence-corrected chi connectivity index (χ3v) is 4.33. The Balaban J connectivity index is 0.00000261. The molecule has 0 radical (unpaired) electrons. The van der Waals surface area contributed by atoms with Gasteiger partial charge in [-0.25, -0.2) is 8.78 Å². The fraction of sp³-hybridized carbons (Fsp3) is 0.250. The maximum Gasteiger partial charge on any atom is 0.135 e. The van der Waals surface area contributed by atoms with Gasteiger partial charge in [0.1, 0.15) is 11.6 Å². The minimum atomic E-state index is -0.606. The van der Waals surface area contributed by atoms with Gasteiger partial charge in [-0.05, 0) is 24.1 Å². The van der Waals surface area contributed by atoms with E-state index in [1.165, 1.54) is 23.8 Å². The van der Waals surface area contributed by atoms with Crippen LogP contribution in [0, 0.1) is 11.6 Å². The van der Waals surface area contributed by atoms with Gasteiger partial charge < -0.3 is 5.73 Å². The fourth-order valence-electron chi connectivity index (χ4n) is 3.01. The topological polar surface area (TPSA) is 57.9 Å². The van der Waals surface area contributed by atoms with Crippen molar-refractivity contribution in [2.24, 2.45) is 5.73 Å². The first kappa shape index (κ1) is 21.0. The highest BCUT2D eigenvalue weighted by molar-refractivity contribution is 5.85. The molecular formula is C20H23ClF2N4. The number of rotatable bonds is 8. The number of H-pyrrole nitrogens is 1. The first-order chi connectivity index (χ1) is 12.7. The normalized spacial score (nSPS) is 10.8. The van der Waals surface area contributed by atoms with E-state index in [-0.39, 0.29) is 18.0 Å². The zero-order valence-corrected chi connectivity index (χ0v) is 15.7. The lowest BCUT2D eigenvalue weighted by molar-refractivity contribution is 0.277. The number of nitrogens with zero attached hydrogens (tertiary/aromatic N) is 2. The van der Waals surface area contributed by atoms with Crippen molar-refractivity contribution in [3.05, 3.63) is 77.5 Å². The molecule has 0 bridgehead atoms. The number of aromatic amines is 1. The molecule has 0 aliphatic heterocycles. The maximum atomic E-state index is 14.1. The van der Waals surface area contributed by atoms with Crippen LogP contribution < -0.4 is 5.73 Å². The largest absolute Gasteiger partial charge is 0.329 e. The van der Waals surface area contributed by atoms with Crippen molar-refractivity contribution in [2.75, 3.05) is 19.6 Å². The van der Waals surface area contributed by atoms with Gasteiger partial charge >= 0.3 is 0 Å². The van der Waals surface area contributed by atoms with E-state index in [0.717, 1.165) is 18.5 Å². The van der Waals surface area contributed by atoms with Crippen molar-refractivity contribution in [3.8, 4) is 11.3 Å². The van der Waals surface area contributed by atoms with E-state index in [1.807, 2.05) is 18.2 Å². The van der Waals surface area contributed by atoms with Crippen LogP contribution >= 0.6 is 12.4 Å². The molecule has 3 N–H and O–H groups in total. The summed E-state index contributed by atoms with van der Waals surface area (Å²) in [5, 5.41) is 6.73. The summed E-state index contributed by atoms with van der Waals surface area (Å²) < 4.78 is 28.3. The summed E-state index contributed by atoms with van der Waals surface area (Å²) >= 11 is 0. The third kappa shape index (κ3) is 5.35. The van der Waals surface area contributed by atoms with Crippen molar-refractivity contribution in [1.29, 1.82) is 0 Å². The van der Waals surface area contributed by atoms with Gasteiger partial charge in [-0.1, -0.05) is 36.4 Å². The Morgan fingerprint density at radius 1 is 0.963 bits per heavy atom. The minimum Gasteiger partial charge on any atom is -0.329 e. The molecule has 0 fully saturated rings. The van der Waals surface area contributed by atoms with E-state index in [1.54, 1.807) is 6.20 Å². The van der Waals surface area contributed by atoms with Crippen molar-refractivity contribution in [1.82, 2.24) is 15.1 Å². The molecule has 0 aliphatic rings. The van der Waals surface area contributed by atoms with Crippen LogP contribution in [0.2, 0.25) is 0 Å². The molecule has 2 aromatic carbocycles. The quantitative estimate of drug-likeness (QED) is 0.613. The molecule has 0 unspecified atom stereocenters. The van der Waals surface area contributed by atoms with Gasteiger partial charge in [-0.3, -0.25) is 10.00 Å². The van der Waals surface area contributed by atoms with Crippen LogP contribution in [0.25, 0.3) is 11.3 Å². The molecule has 0 saturated carbocycles. The second kappa shape index (κ2) is 10.2. The predicted molar refractivity (Wildman–Crippen MR) is 106 cm³/mol. The van der Waals surface area contributed by atoms with Crippen molar-refractivity contribution >= 4 is 12.4 Å². The summed E-state index contributed by atoms with van der Waals surface area (Å²) in [6.45, 7) is 2.52. The minimum absolute atomic E-state index is 0. The molecule has 1 aromatic heterocycles. The zero-order valence-electron chi connectivity index (χ0n) is 14.9. The molecule has 27 heavy (non-hydrogen) atoms. The van der Waals surface area contributed by atoms with Gasteiger partial charge in [-0.2, -0.15) is 5.10 Å². The van der Waals surface area contributed by atoms with E-state index < -0.39 is 11.6 Å². The van der Waals surface area contributed by atoms with E-state index in [2.05, 4.69) is 27.2 Å². The van der Waals surface area contributed by atoms with Crippen LogP contribution in [-0.4, -0.2) is 34.7 Å². The molecular weight excluding hydrogens is 370 g/mol. The number of hydrogen-bond donors (Lipinski definition) is 2. The third-order valence-electron chi connectivity index (χ3n) is 4.33. The Hall–Kier alpha value is -2.28. The number of nitrogens with two attached hydrogens (primary N) is 1. The highest BCUT2D eigenvalue weighted by Crippen LogP contribution is 2.27. The highest BCUT2D eigenvalue weighted by Gasteiger charge is 2.18. The molecule has 3 rings (SSSR count). The second-order valence-electron chi connectivity index (χ2n) is 6.17. The number of aromatic nitrogens is 2. The summed E-state index contributed by atoms with van der Waals surface area (Å²) in [6.07, 6.45) is 2.50. The lowest BCUT2D eigenvalue weighted by Crippen LogP contribution is -2.31. The van der Waals surface area contributed by atoms with Crippen LogP contribution in [0.1, 0.15) is 11.1 Å². The standard InChI is InChI=1S/C20H22F2N4.ClH/c21-17-7-4-8-18(22)19(17)20-16(13-24-25-20)14-26(12-10-23)11-9-15-5-2-1-3-6-15;/h1-8,13H,9-12,14,23H2,(H,24,25);1H. The van der Waals surface area contributed by atoms with Gasteiger partial charge in [0.2, 0.25) is 0 Å². The van der Waals surface area contributed by atoms with Crippen LogP contribution in [0.5, 0.6) is 0 Å². The van der Waals surface area contributed by atoms with Gasteiger partial charge in [0, 0.05) is 31.7 Å². The Bertz CT molecular complexity index is 819. The van der Waals surface area contributed by atoms with Gasteiger partial charge in [0.15, 0.2) is 0 Å². The molecule has 144 valence electrons. The molecule has 1 heterocycles. The van der Waals surface area contributed by atoms with Crippen molar-refractivity contribution in [2.45, 2.75) is 13.0 Å². The molecule has 7 heteroatoms. The average molecular weight is 393 g/mol. The summed E-state index contributed by atoms with van der Waals surface area (Å²) in [5.74, 6) is -1.21. The van der Waals surface area contributed by atoms with E-state index in [0.29, 0.717) is 25.3 Å². The maximum absolute atomic E-state index is 14.1. The SMILES string of the molecule is Cl.NCCN(CCc1ccccc1)Cc1cn[nH]c1-c1c(F)cccc1F. The lowest BCUT2D eigenvalue weighted by Gasteiger charge is -2.21. The molecule has 0 spiro atoms. The van der Waals surface area contributed by atoms with Gasteiger partial charge in [-0.15, -0.1) is 12.4 Å². The number of benzene rings is 2. The van der Waals surface area contributed by atoms with Crippen LogP contribution in [-0.2, 0) is 13.0 Å². The fourth-order valence-corrected chi connectivity index (χ4v) is 3.01. The number of nitrogens with one attached hydrogen (secondary N) is 1. The van der Waals surface area contributed by atoms with Crippen LogP contribution in [0.3, 0.4) is 0 Å². The average Bonchev–Trinajstić information content (AvgIpc) is 3.08. The van der Waals surface area contributed by atoms with Gasteiger partial charge in [0.05, 0.1) is 17.5 Å². The highest BCUT2D eigenvalue weighted by atomic mass is 35.5. The first-order valence-electron chi connectivity index (χ1n) is 8.62. The number of halogens is 3. The summed E-state index contributed by atoms with van der Waals surface area (Å²) in [4.78, 5) is 2.17. The summed E-state index contributed by atoms with van der Waals surface area (Å²) in [5.41, 5.74) is 8.03. The van der Waals surface area contributed by atoms with Crippen LogP contribution in [0.4, 0.5) is 8.78 Å². The zero-order chi connectivity index (χ0) is 18.4. The van der Waals surface area contributed by atoms with Crippen molar-refractivity contribution < 1.29 is 8.78 Å². The summed E-state index contributed by atoms with van der Waals surface area (Å²) in [7, 11) is 0. The molecule has 4 nitrogen and oxygen atoms in total. The summed E-state index contributed by atoms with van der Waals surface area (Å²) in [6, 6.07) is 14.0. The smallest absolute Gasteiger partial charge is 0.135 e. The molecule has 0 atom stereocenters. The Morgan fingerprint density at radius 3 is 2.33 bits per heavy atom. The second-order valence-corrected chi connectivity index (χ2v) is 6.17.